The second-order valence-electron chi connectivity index (χ2n) is 4.55. The zero-order valence-electron chi connectivity index (χ0n) is 11.4. The van der Waals surface area contributed by atoms with Gasteiger partial charge < -0.3 is 14.2 Å². The number of halogens is 1. The molecule has 1 saturated heterocycles. The van der Waals surface area contributed by atoms with Crippen molar-refractivity contribution in [1.29, 1.82) is 0 Å². The summed E-state index contributed by atoms with van der Waals surface area (Å²) in [7, 11) is 1.39. The van der Waals surface area contributed by atoms with Crippen LogP contribution in [0.5, 0.6) is 5.75 Å². The lowest BCUT2D eigenvalue weighted by atomic mass is 10.3. The van der Waals surface area contributed by atoms with Gasteiger partial charge in [-0.2, -0.15) is 0 Å². The van der Waals surface area contributed by atoms with Crippen molar-refractivity contribution in [2.24, 2.45) is 0 Å². The second-order valence-corrected chi connectivity index (χ2v) is 4.95. The molecule has 20 heavy (non-hydrogen) atoms. The molecule has 1 heterocycles. The third kappa shape index (κ3) is 4.37. The summed E-state index contributed by atoms with van der Waals surface area (Å²) in [6.45, 7) is 2.62. The molecule has 0 bridgehead atoms. The van der Waals surface area contributed by atoms with Crippen molar-refractivity contribution < 1.29 is 19.0 Å². The van der Waals surface area contributed by atoms with Gasteiger partial charge in [0.15, 0.2) is 0 Å². The fourth-order valence-corrected chi connectivity index (χ4v) is 2.21. The van der Waals surface area contributed by atoms with Crippen molar-refractivity contribution in [3.63, 3.8) is 0 Å². The van der Waals surface area contributed by atoms with Gasteiger partial charge in [-0.3, -0.25) is 9.69 Å². The molecule has 110 valence electrons. The van der Waals surface area contributed by atoms with E-state index in [1.165, 1.54) is 7.11 Å². The number of hydrogen-bond donors (Lipinski definition) is 0. The van der Waals surface area contributed by atoms with Crippen LogP contribution in [0.4, 0.5) is 0 Å². The monoisotopic (exact) mass is 299 g/mol. The van der Waals surface area contributed by atoms with E-state index in [-0.39, 0.29) is 18.6 Å². The largest absolute Gasteiger partial charge is 0.489 e. The van der Waals surface area contributed by atoms with Crippen molar-refractivity contribution in [3.05, 3.63) is 29.3 Å². The number of carbonyl (C=O) groups excluding carboxylic acids is 1. The molecule has 1 aliphatic rings. The Morgan fingerprint density at radius 1 is 1.50 bits per heavy atom. The molecule has 1 fully saturated rings. The number of carbonyl (C=O) groups is 1. The van der Waals surface area contributed by atoms with E-state index in [4.69, 9.17) is 21.1 Å². The lowest BCUT2D eigenvalue weighted by Crippen LogP contribution is -2.46. The molecule has 2 rings (SSSR count). The Balaban J connectivity index is 1.81. The highest BCUT2D eigenvalue weighted by molar-refractivity contribution is 6.32. The van der Waals surface area contributed by atoms with Crippen LogP contribution < -0.4 is 4.74 Å². The molecular weight excluding hydrogens is 282 g/mol. The Morgan fingerprint density at radius 2 is 2.30 bits per heavy atom. The Hall–Kier alpha value is -1.30. The van der Waals surface area contributed by atoms with E-state index in [2.05, 4.69) is 4.74 Å². The summed E-state index contributed by atoms with van der Waals surface area (Å²) in [4.78, 5) is 13.3. The van der Waals surface area contributed by atoms with Gasteiger partial charge in [-0.1, -0.05) is 23.7 Å². The maximum absolute atomic E-state index is 11.3. The molecule has 1 aromatic rings. The van der Waals surface area contributed by atoms with E-state index in [1.54, 1.807) is 6.07 Å². The molecule has 0 amide bonds. The summed E-state index contributed by atoms with van der Waals surface area (Å²) in [5.41, 5.74) is 0. The van der Waals surface area contributed by atoms with Crippen LogP contribution >= 0.6 is 11.6 Å². The van der Waals surface area contributed by atoms with Gasteiger partial charge in [0.1, 0.15) is 18.5 Å². The number of benzene rings is 1. The molecule has 1 aromatic carbocycles. The SMILES string of the molecule is COC(=O)CN1CCO[C@@H](COc2ccccc2Cl)C1. The predicted octanol–water partition coefficient (Wildman–Crippen LogP) is 1.59. The van der Waals surface area contributed by atoms with E-state index in [1.807, 2.05) is 23.1 Å². The first kappa shape index (κ1) is 15.1. The average Bonchev–Trinajstić information content (AvgIpc) is 2.47. The molecular formula is C14H18ClNO4. The summed E-state index contributed by atoms with van der Waals surface area (Å²) in [5.74, 6) is 0.403. The minimum atomic E-state index is -0.238. The molecule has 0 radical (unpaired) electrons. The standard InChI is InChI=1S/C14H18ClNO4/c1-18-14(17)9-16-6-7-19-11(8-16)10-20-13-5-3-2-4-12(13)15/h2-5,11H,6-10H2,1H3/t11-/m1/s1. The molecule has 0 N–H and O–H groups in total. The van der Waals surface area contributed by atoms with Crippen molar-refractivity contribution in [2.75, 3.05) is 40.0 Å². The lowest BCUT2D eigenvalue weighted by molar-refractivity contribution is -0.144. The van der Waals surface area contributed by atoms with Gasteiger partial charge in [0.25, 0.3) is 0 Å². The van der Waals surface area contributed by atoms with Crippen molar-refractivity contribution in [1.82, 2.24) is 4.90 Å². The van der Waals surface area contributed by atoms with E-state index in [0.717, 1.165) is 6.54 Å². The van der Waals surface area contributed by atoms with Crippen molar-refractivity contribution >= 4 is 17.6 Å². The highest BCUT2D eigenvalue weighted by Crippen LogP contribution is 2.23. The lowest BCUT2D eigenvalue weighted by Gasteiger charge is -2.31. The molecule has 0 aliphatic carbocycles. The van der Waals surface area contributed by atoms with Crippen molar-refractivity contribution in [3.8, 4) is 5.75 Å². The van der Waals surface area contributed by atoms with Gasteiger partial charge in [0.2, 0.25) is 0 Å². The third-order valence-electron chi connectivity index (χ3n) is 3.06. The normalized spacial score (nSPS) is 19.6. The van der Waals surface area contributed by atoms with Gasteiger partial charge in [-0.05, 0) is 12.1 Å². The molecule has 1 atom stereocenters. The molecule has 5 nitrogen and oxygen atoms in total. The minimum Gasteiger partial charge on any atom is -0.489 e. The van der Waals surface area contributed by atoms with Crippen molar-refractivity contribution in [2.45, 2.75) is 6.10 Å². The van der Waals surface area contributed by atoms with Gasteiger partial charge in [0, 0.05) is 13.1 Å². The van der Waals surface area contributed by atoms with Gasteiger partial charge in [-0.15, -0.1) is 0 Å². The number of rotatable bonds is 5. The molecule has 0 saturated carbocycles. The van der Waals surface area contributed by atoms with Crippen LogP contribution in [0.2, 0.25) is 5.02 Å². The zero-order valence-corrected chi connectivity index (χ0v) is 12.1. The zero-order chi connectivity index (χ0) is 14.4. The fourth-order valence-electron chi connectivity index (χ4n) is 2.02. The highest BCUT2D eigenvalue weighted by atomic mass is 35.5. The summed E-state index contributed by atoms with van der Waals surface area (Å²) in [6.07, 6.45) is -0.0790. The number of hydrogen-bond acceptors (Lipinski definition) is 5. The predicted molar refractivity (Wildman–Crippen MR) is 75.1 cm³/mol. The summed E-state index contributed by atoms with van der Waals surface area (Å²) < 4.78 is 15.9. The topological polar surface area (TPSA) is 48.0 Å². The molecule has 1 aliphatic heterocycles. The minimum absolute atomic E-state index is 0.0790. The maximum atomic E-state index is 11.3. The first-order chi connectivity index (χ1) is 9.69. The maximum Gasteiger partial charge on any atom is 0.319 e. The number of ether oxygens (including phenoxy) is 3. The Kier molecular flexibility index (Phi) is 5.64. The Morgan fingerprint density at radius 3 is 3.05 bits per heavy atom. The summed E-state index contributed by atoms with van der Waals surface area (Å²) >= 11 is 6.02. The van der Waals surface area contributed by atoms with E-state index in [0.29, 0.717) is 30.5 Å². The smallest absolute Gasteiger partial charge is 0.319 e. The van der Waals surface area contributed by atoms with Crippen LogP contribution in [-0.4, -0.2) is 56.9 Å². The first-order valence-electron chi connectivity index (χ1n) is 6.47. The number of esters is 1. The number of para-hydroxylation sites is 1. The molecule has 0 spiro atoms. The number of methoxy groups -OCH3 is 1. The van der Waals surface area contributed by atoms with Crippen LogP contribution in [0.3, 0.4) is 0 Å². The highest BCUT2D eigenvalue weighted by Gasteiger charge is 2.23. The Bertz CT molecular complexity index is 455. The third-order valence-corrected chi connectivity index (χ3v) is 3.38. The fraction of sp³-hybridized carbons (Fsp3) is 0.500. The van der Waals surface area contributed by atoms with Crippen LogP contribution in [0.25, 0.3) is 0 Å². The quantitative estimate of drug-likeness (QED) is 0.773. The second kappa shape index (κ2) is 7.47. The van der Waals surface area contributed by atoms with Crippen LogP contribution in [0.15, 0.2) is 24.3 Å². The number of morpholine rings is 1. The molecule has 0 aromatic heterocycles. The van der Waals surface area contributed by atoms with E-state index in [9.17, 15) is 4.79 Å². The van der Waals surface area contributed by atoms with Gasteiger partial charge >= 0.3 is 5.97 Å². The number of nitrogens with zero attached hydrogens (tertiary/aromatic N) is 1. The van der Waals surface area contributed by atoms with Gasteiger partial charge in [0.05, 0.1) is 25.3 Å². The average molecular weight is 300 g/mol. The summed E-state index contributed by atoms with van der Waals surface area (Å²) in [6, 6.07) is 7.32. The van der Waals surface area contributed by atoms with Crippen LogP contribution in [0, 0.1) is 0 Å². The van der Waals surface area contributed by atoms with Crippen LogP contribution in [0.1, 0.15) is 0 Å². The molecule has 6 heteroatoms. The summed E-state index contributed by atoms with van der Waals surface area (Å²) in [5, 5.41) is 0.578. The van der Waals surface area contributed by atoms with Gasteiger partial charge in [-0.25, -0.2) is 0 Å². The molecule has 0 unspecified atom stereocenters. The van der Waals surface area contributed by atoms with E-state index >= 15 is 0 Å². The van der Waals surface area contributed by atoms with Crippen LogP contribution in [-0.2, 0) is 14.3 Å². The first-order valence-corrected chi connectivity index (χ1v) is 6.85. The van der Waals surface area contributed by atoms with E-state index < -0.39 is 0 Å². The Labute approximate surface area is 123 Å².